The first-order valence-electron chi connectivity index (χ1n) is 10.0. The SMILES string of the molecule is CN(C)CC(C)(C)CN=C1N=CCC(c2c(-c3ccc(F)cc3)nc3occn23)N1. The van der Waals surface area contributed by atoms with Gasteiger partial charge in [-0.05, 0) is 43.8 Å². The summed E-state index contributed by atoms with van der Waals surface area (Å²) < 4.78 is 20.9. The number of halogens is 1. The van der Waals surface area contributed by atoms with Gasteiger partial charge >= 0.3 is 5.84 Å². The molecule has 7 nitrogen and oxygen atoms in total. The normalized spacial score (nSPS) is 18.5. The Bertz CT molecular complexity index is 1080. The number of benzene rings is 1. The minimum Gasteiger partial charge on any atom is -0.432 e. The number of imidazole rings is 1. The highest BCUT2D eigenvalue weighted by Gasteiger charge is 2.27. The summed E-state index contributed by atoms with van der Waals surface area (Å²) in [5, 5.41) is 3.45. The van der Waals surface area contributed by atoms with Crippen molar-refractivity contribution >= 4 is 18.0 Å². The molecule has 1 atom stereocenters. The molecule has 30 heavy (non-hydrogen) atoms. The largest absolute Gasteiger partial charge is 0.432 e. The van der Waals surface area contributed by atoms with Gasteiger partial charge in [-0.1, -0.05) is 13.8 Å². The third kappa shape index (κ3) is 4.28. The van der Waals surface area contributed by atoms with E-state index in [0.717, 1.165) is 23.5 Å². The van der Waals surface area contributed by atoms with Crippen molar-refractivity contribution in [2.24, 2.45) is 15.4 Å². The van der Waals surface area contributed by atoms with Gasteiger partial charge in [-0.2, -0.15) is 4.98 Å². The number of guanidine groups is 1. The highest BCUT2D eigenvalue weighted by Crippen LogP contribution is 2.31. The van der Waals surface area contributed by atoms with Crippen LogP contribution in [0.5, 0.6) is 0 Å². The average molecular weight is 410 g/mol. The van der Waals surface area contributed by atoms with Gasteiger partial charge in [-0.3, -0.25) is 9.39 Å². The number of aromatic nitrogens is 2. The summed E-state index contributed by atoms with van der Waals surface area (Å²) >= 11 is 0. The molecule has 4 rings (SSSR count). The summed E-state index contributed by atoms with van der Waals surface area (Å²) in [6.07, 6.45) is 6.02. The number of nitrogens with zero attached hydrogens (tertiary/aromatic N) is 5. The summed E-state index contributed by atoms with van der Waals surface area (Å²) in [6, 6.07) is 6.27. The Balaban J connectivity index is 1.63. The first-order chi connectivity index (χ1) is 14.3. The lowest BCUT2D eigenvalue weighted by Gasteiger charge is -2.27. The highest BCUT2D eigenvalue weighted by atomic mass is 19.1. The maximum atomic E-state index is 13.4. The molecule has 1 N–H and O–H groups in total. The minimum absolute atomic E-state index is 0.0361. The second-order valence-corrected chi connectivity index (χ2v) is 8.69. The summed E-state index contributed by atoms with van der Waals surface area (Å²) in [4.78, 5) is 16.0. The summed E-state index contributed by atoms with van der Waals surface area (Å²) in [7, 11) is 4.13. The molecule has 8 heteroatoms. The van der Waals surface area contributed by atoms with E-state index in [1.165, 1.54) is 12.1 Å². The Morgan fingerprint density at radius 3 is 2.80 bits per heavy atom. The quantitative estimate of drug-likeness (QED) is 0.671. The predicted octanol–water partition coefficient (Wildman–Crippen LogP) is 3.78. The number of aliphatic imine (C=N–C) groups is 2. The van der Waals surface area contributed by atoms with Crippen molar-refractivity contribution in [3.8, 4) is 11.3 Å². The van der Waals surface area contributed by atoms with Crippen molar-refractivity contribution in [2.75, 3.05) is 27.2 Å². The third-order valence-corrected chi connectivity index (χ3v) is 5.01. The van der Waals surface area contributed by atoms with Gasteiger partial charge in [0.15, 0.2) is 0 Å². The molecule has 0 saturated carbocycles. The zero-order valence-corrected chi connectivity index (χ0v) is 17.8. The monoisotopic (exact) mass is 410 g/mol. The van der Waals surface area contributed by atoms with Gasteiger partial charge in [0, 0.05) is 37.5 Å². The molecule has 3 heterocycles. The molecule has 1 unspecified atom stereocenters. The fourth-order valence-corrected chi connectivity index (χ4v) is 3.91. The van der Waals surface area contributed by atoms with Crippen LogP contribution in [0.2, 0.25) is 0 Å². The van der Waals surface area contributed by atoms with E-state index in [0.29, 0.717) is 24.8 Å². The second kappa shape index (κ2) is 8.02. The topological polar surface area (TPSA) is 70.4 Å². The van der Waals surface area contributed by atoms with E-state index < -0.39 is 0 Å². The Morgan fingerprint density at radius 1 is 1.30 bits per heavy atom. The van der Waals surface area contributed by atoms with Crippen LogP contribution in [0, 0.1) is 11.2 Å². The Hall–Kier alpha value is -3.00. The molecule has 0 aliphatic carbocycles. The number of fused-ring (bicyclic) bond motifs is 1. The van der Waals surface area contributed by atoms with Gasteiger partial charge in [0.1, 0.15) is 12.1 Å². The summed E-state index contributed by atoms with van der Waals surface area (Å²) in [6.45, 7) is 5.99. The molecule has 0 spiro atoms. The van der Waals surface area contributed by atoms with Gasteiger partial charge in [0.05, 0.1) is 17.4 Å². The van der Waals surface area contributed by atoms with Crippen LogP contribution < -0.4 is 5.32 Å². The van der Waals surface area contributed by atoms with Crippen molar-refractivity contribution in [2.45, 2.75) is 26.3 Å². The molecule has 1 aromatic carbocycles. The lowest BCUT2D eigenvalue weighted by molar-refractivity contribution is 0.249. The molecular weight excluding hydrogens is 383 g/mol. The smallest absolute Gasteiger partial charge is 0.306 e. The zero-order chi connectivity index (χ0) is 21.3. The molecule has 0 amide bonds. The fraction of sp³-hybridized carbons (Fsp3) is 0.409. The van der Waals surface area contributed by atoms with Crippen LogP contribution in [0.4, 0.5) is 4.39 Å². The van der Waals surface area contributed by atoms with Crippen molar-refractivity contribution in [1.82, 2.24) is 19.6 Å². The minimum atomic E-state index is -0.277. The first-order valence-corrected chi connectivity index (χ1v) is 10.0. The van der Waals surface area contributed by atoms with E-state index in [1.54, 1.807) is 18.4 Å². The van der Waals surface area contributed by atoms with Crippen LogP contribution in [0.25, 0.3) is 17.1 Å². The Kier molecular flexibility index (Phi) is 5.42. The highest BCUT2D eigenvalue weighted by molar-refractivity contribution is 5.91. The van der Waals surface area contributed by atoms with Gasteiger partial charge in [0.25, 0.3) is 0 Å². The third-order valence-electron chi connectivity index (χ3n) is 5.01. The zero-order valence-electron chi connectivity index (χ0n) is 17.8. The molecule has 1 aliphatic rings. The van der Waals surface area contributed by atoms with E-state index in [1.807, 2.05) is 16.8 Å². The van der Waals surface area contributed by atoms with Gasteiger partial charge < -0.3 is 14.6 Å². The van der Waals surface area contributed by atoms with E-state index in [-0.39, 0.29) is 17.3 Å². The number of oxazole rings is 1. The van der Waals surface area contributed by atoms with Crippen LogP contribution in [0.15, 0.2) is 51.1 Å². The lowest BCUT2D eigenvalue weighted by Crippen LogP contribution is -2.35. The number of rotatable bonds is 6. The average Bonchev–Trinajstić information content (AvgIpc) is 3.27. The number of hydrogen-bond acceptors (Lipinski definition) is 4. The lowest BCUT2D eigenvalue weighted by atomic mass is 9.93. The van der Waals surface area contributed by atoms with Crippen LogP contribution >= 0.6 is 0 Å². The van der Waals surface area contributed by atoms with E-state index in [2.05, 4.69) is 48.1 Å². The van der Waals surface area contributed by atoms with Crippen LogP contribution in [0.1, 0.15) is 32.0 Å². The predicted molar refractivity (Wildman–Crippen MR) is 116 cm³/mol. The Labute approximate surface area is 175 Å². The van der Waals surface area contributed by atoms with Crippen molar-refractivity contribution in [3.05, 3.63) is 48.2 Å². The number of nitrogens with one attached hydrogen (secondary N) is 1. The van der Waals surface area contributed by atoms with Crippen LogP contribution in [-0.2, 0) is 0 Å². The maximum absolute atomic E-state index is 13.4. The molecule has 0 bridgehead atoms. The first kappa shape index (κ1) is 20.3. The van der Waals surface area contributed by atoms with Crippen molar-refractivity contribution in [3.63, 3.8) is 0 Å². The molecule has 0 saturated heterocycles. The number of hydrogen-bond donors (Lipinski definition) is 1. The second-order valence-electron chi connectivity index (χ2n) is 8.69. The van der Waals surface area contributed by atoms with E-state index >= 15 is 0 Å². The molecular formula is C22H27FN6O. The molecule has 2 aromatic heterocycles. The van der Waals surface area contributed by atoms with Gasteiger partial charge in [0.2, 0.25) is 5.96 Å². The molecule has 0 fully saturated rings. The van der Waals surface area contributed by atoms with Gasteiger partial charge in [-0.25, -0.2) is 9.38 Å². The van der Waals surface area contributed by atoms with E-state index in [4.69, 9.17) is 9.41 Å². The van der Waals surface area contributed by atoms with Crippen LogP contribution in [-0.4, -0.2) is 53.6 Å². The molecule has 1 aliphatic heterocycles. The maximum Gasteiger partial charge on any atom is 0.306 e. The van der Waals surface area contributed by atoms with E-state index in [9.17, 15) is 4.39 Å². The summed E-state index contributed by atoms with van der Waals surface area (Å²) in [5.74, 6) is 0.835. The fourth-order valence-electron chi connectivity index (χ4n) is 3.91. The van der Waals surface area contributed by atoms with Crippen molar-refractivity contribution < 1.29 is 8.81 Å². The molecule has 0 radical (unpaired) electrons. The Morgan fingerprint density at radius 2 is 2.07 bits per heavy atom. The molecule has 3 aromatic rings. The van der Waals surface area contributed by atoms with Crippen LogP contribution in [0.3, 0.4) is 0 Å². The standard InChI is InChI=1S/C22H27FN6O/c1-22(2,14-28(3)4)13-25-20-24-10-9-17(26-20)19-18(15-5-7-16(23)8-6-15)27-21-29(19)11-12-30-21/h5-8,10-12,17H,9,13-14H2,1-4H3,(H,25,26). The van der Waals surface area contributed by atoms with Gasteiger partial charge in [-0.15, -0.1) is 0 Å². The molecule has 158 valence electrons. The summed E-state index contributed by atoms with van der Waals surface area (Å²) in [5.41, 5.74) is 2.57. The van der Waals surface area contributed by atoms with Crippen molar-refractivity contribution in [1.29, 1.82) is 0 Å².